The van der Waals surface area contributed by atoms with Crippen LogP contribution in [0.4, 0.5) is 10.5 Å². The smallest absolute Gasteiger partial charge is 0.411 e. The van der Waals surface area contributed by atoms with Crippen molar-refractivity contribution in [2.24, 2.45) is 0 Å². The third-order valence-electron chi connectivity index (χ3n) is 2.34. The van der Waals surface area contributed by atoms with Crippen LogP contribution < -0.4 is 5.32 Å². The van der Waals surface area contributed by atoms with Crippen molar-refractivity contribution in [1.82, 2.24) is 0 Å². The van der Waals surface area contributed by atoms with E-state index in [-0.39, 0.29) is 0 Å². The lowest BCUT2D eigenvalue weighted by Crippen LogP contribution is -2.14. The largest absolute Gasteiger partial charge is 0.448 e. The number of anilines is 1. The van der Waals surface area contributed by atoms with E-state index in [1.54, 1.807) is 0 Å². The zero-order valence-electron chi connectivity index (χ0n) is 9.15. The van der Waals surface area contributed by atoms with Gasteiger partial charge in [0.15, 0.2) is 0 Å². The van der Waals surface area contributed by atoms with Gasteiger partial charge in [-0.25, -0.2) is 4.79 Å². The summed E-state index contributed by atoms with van der Waals surface area (Å²) in [6, 6.07) is 13.6. The number of fused-ring (bicyclic) bond motifs is 1. The van der Waals surface area contributed by atoms with Crippen LogP contribution in [0.25, 0.3) is 10.8 Å². The van der Waals surface area contributed by atoms with Crippen LogP contribution in [-0.2, 0) is 4.74 Å². The van der Waals surface area contributed by atoms with Gasteiger partial charge in [0.05, 0.1) is 5.69 Å². The molecule has 0 atom stereocenters. The minimum atomic E-state index is -0.430. The predicted molar refractivity (Wildman–Crippen MR) is 72.7 cm³/mol. The lowest BCUT2D eigenvalue weighted by molar-refractivity contribution is 0.169. The van der Waals surface area contributed by atoms with Crippen LogP contribution in [0.3, 0.4) is 0 Å². The number of benzene rings is 2. The van der Waals surface area contributed by atoms with Crippen LogP contribution >= 0.6 is 15.9 Å². The molecule has 0 radical (unpaired) electrons. The molecule has 0 heterocycles. The Labute approximate surface area is 108 Å². The predicted octanol–water partition coefficient (Wildman–Crippen LogP) is 3.78. The number of halogens is 1. The highest BCUT2D eigenvalue weighted by atomic mass is 79.9. The number of carbonyl (C=O) groups excluding carboxylic acids is 1. The molecule has 0 bridgehead atoms. The van der Waals surface area contributed by atoms with Crippen LogP contribution in [0, 0.1) is 0 Å². The maximum atomic E-state index is 11.5. The maximum absolute atomic E-state index is 11.5. The van der Waals surface area contributed by atoms with E-state index < -0.39 is 6.09 Å². The van der Waals surface area contributed by atoms with E-state index in [1.807, 2.05) is 42.5 Å². The molecule has 0 fully saturated rings. The number of ether oxygens (including phenoxy) is 1. The molecule has 1 N–H and O–H groups in total. The van der Waals surface area contributed by atoms with E-state index in [2.05, 4.69) is 21.2 Å². The van der Waals surface area contributed by atoms with Gasteiger partial charge in [0.25, 0.3) is 0 Å². The summed E-state index contributed by atoms with van der Waals surface area (Å²) in [7, 11) is 0. The Kier molecular flexibility index (Phi) is 3.98. The average Bonchev–Trinajstić information content (AvgIpc) is 2.37. The van der Waals surface area contributed by atoms with E-state index in [4.69, 9.17) is 4.74 Å². The average molecular weight is 294 g/mol. The first-order valence-corrected chi connectivity index (χ1v) is 6.41. The van der Waals surface area contributed by atoms with Gasteiger partial charge < -0.3 is 4.74 Å². The van der Waals surface area contributed by atoms with Crippen molar-refractivity contribution in [3.05, 3.63) is 42.5 Å². The molecule has 2 aromatic rings. The molecule has 3 nitrogen and oxygen atoms in total. The molecule has 1 amide bonds. The molecule has 17 heavy (non-hydrogen) atoms. The van der Waals surface area contributed by atoms with Crippen LogP contribution in [0.2, 0.25) is 0 Å². The fourth-order valence-electron chi connectivity index (χ4n) is 1.61. The fourth-order valence-corrected chi connectivity index (χ4v) is 1.77. The van der Waals surface area contributed by atoms with Gasteiger partial charge in [-0.1, -0.05) is 52.3 Å². The molecule has 0 saturated heterocycles. The highest BCUT2D eigenvalue weighted by Crippen LogP contribution is 2.22. The van der Waals surface area contributed by atoms with E-state index in [9.17, 15) is 4.79 Å². The number of carbonyl (C=O) groups is 1. The Bertz CT molecular complexity index is 522. The van der Waals surface area contributed by atoms with E-state index in [0.717, 1.165) is 16.5 Å². The molecule has 0 spiro atoms. The van der Waals surface area contributed by atoms with Crippen molar-refractivity contribution in [2.75, 3.05) is 17.3 Å². The number of alkyl halides is 1. The summed E-state index contributed by atoms with van der Waals surface area (Å²) in [6.45, 7) is 0.358. The zero-order valence-corrected chi connectivity index (χ0v) is 10.7. The Morgan fingerprint density at radius 2 is 1.94 bits per heavy atom. The first-order chi connectivity index (χ1) is 8.31. The van der Waals surface area contributed by atoms with Crippen LogP contribution in [0.15, 0.2) is 42.5 Å². The van der Waals surface area contributed by atoms with Gasteiger partial charge in [-0.3, -0.25) is 5.32 Å². The van der Waals surface area contributed by atoms with Gasteiger partial charge in [0.1, 0.15) is 6.61 Å². The van der Waals surface area contributed by atoms with E-state index in [1.165, 1.54) is 0 Å². The molecule has 0 saturated carbocycles. The van der Waals surface area contributed by atoms with Crippen molar-refractivity contribution >= 4 is 38.5 Å². The zero-order chi connectivity index (χ0) is 12.1. The van der Waals surface area contributed by atoms with Crippen molar-refractivity contribution < 1.29 is 9.53 Å². The second kappa shape index (κ2) is 5.68. The minimum Gasteiger partial charge on any atom is -0.448 e. The highest BCUT2D eigenvalue weighted by molar-refractivity contribution is 9.09. The Hall–Kier alpha value is -1.55. The second-order valence-electron chi connectivity index (χ2n) is 3.48. The van der Waals surface area contributed by atoms with Gasteiger partial charge in [0.2, 0.25) is 0 Å². The number of hydrogen-bond acceptors (Lipinski definition) is 2. The van der Waals surface area contributed by atoms with Crippen molar-refractivity contribution in [1.29, 1.82) is 0 Å². The summed E-state index contributed by atoms with van der Waals surface area (Å²) in [4.78, 5) is 11.5. The normalized spacial score (nSPS) is 10.2. The maximum Gasteiger partial charge on any atom is 0.411 e. The number of rotatable bonds is 3. The number of hydrogen-bond donors (Lipinski definition) is 1. The molecular weight excluding hydrogens is 282 g/mol. The molecular formula is C13H12BrNO2. The Balaban J connectivity index is 2.21. The molecule has 4 heteroatoms. The van der Waals surface area contributed by atoms with Crippen LogP contribution in [0.5, 0.6) is 0 Å². The fraction of sp³-hybridized carbons (Fsp3) is 0.154. The molecule has 0 aliphatic carbocycles. The first-order valence-electron chi connectivity index (χ1n) is 5.29. The molecule has 0 aliphatic rings. The number of nitrogens with one attached hydrogen (secondary N) is 1. The Morgan fingerprint density at radius 1 is 1.18 bits per heavy atom. The first kappa shape index (κ1) is 11.9. The molecule has 0 aromatic heterocycles. The molecule has 88 valence electrons. The van der Waals surface area contributed by atoms with Gasteiger partial charge in [-0.15, -0.1) is 0 Å². The van der Waals surface area contributed by atoms with Crippen molar-refractivity contribution in [3.8, 4) is 0 Å². The highest BCUT2D eigenvalue weighted by Gasteiger charge is 2.05. The minimum absolute atomic E-state index is 0.358. The monoisotopic (exact) mass is 293 g/mol. The third kappa shape index (κ3) is 2.97. The van der Waals surface area contributed by atoms with Gasteiger partial charge in [-0.2, -0.15) is 0 Å². The summed E-state index contributed by atoms with van der Waals surface area (Å²) in [5.74, 6) is 0. The van der Waals surface area contributed by atoms with Crippen molar-refractivity contribution in [3.63, 3.8) is 0 Å². The summed E-state index contributed by atoms with van der Waals surface area (Å²) < 4.78 is 4.95. The second-order valence-corrected chi connectivity index (χ2v) is 4.27. The summed E-state index contributed by atoms with van der Waals surface area (Å²) in [5.41, 5.74) is 0.766. The SMILES string of the molecule is O=C(Nc1cccc2ccccc12)OCCBr. The van der Waals surface area contributed by atoms with Gasteiger partial charge >= 0.3 is 6.09 Å². The van der Waals surface area contributed by atoms with E-state index >= 15 is 0 Å². The quantitative estimate of drug-likeness (QED) is 0.875. The third-order valence-corrected chi connectivity index (χ3v) is 2.66. The van der Waals surface area contributed by atoms with E-state index in [0.29, 0.717) is 11.9 Å². The lowest BCUT2D eigenvalue weighted by atomic mass is 10.1. The molecule has 2 aromatic carbocycles. The molecule has 2 rings (SSSR count). The summed E-state index contributed by atoms with van der Waals surface area (Å²) >= 11 is 3.20. The van der Waals surface area contributed by atoms with Gasteiger partial charge in [-0.05, 0) is 11.5 Å². The summed E-state index contributed by atoms with van der Waals surface area (Å²) in [6.07, 6.45) is -0.430. The lowest BCUT2D eigenvalue weighted by Gasteiger charge is -2.08. The summed E-state index contributed by atoms with van der Waals surface area (Å²) in [5, 5.41) is 5.47. The molecule has 0 unspecified atom stereocenters. The van der Waals surface area contributed by atoms with Gasteiger partial charge in [0, 0.05) is 10.7 Å². The van der Waals surface area contributed by atoms with Crippen LogP contribution in [0.1, 0.15) is 0 Å². The van der Waals surface area contributed by atoms with Crippen LogP contribution in [-0.4, -0.2) is 18.0 Å². The topological polar surface area (TPSA) is 38.3 Å². The van der Waals surface area contributed by atoms with Crippen molar-refractivity contribution in [2.45, 2.75) is 0 Å². The molecule has 0 aliphatic heterocycles. The standard InChI is InChI=1S/C13H12BrNO2/c14-8-9-17-13(16)15-12-7-3-5-10-4-1-2-6-11(10)12/h1-7H,8-9H2,(H,15,16). The Morgan fingerprint density at radius 3 is 2.76 bits per heavy atom. The number of amides is 1.